The Balaban J connectivity index is 0. The van der Waals surface area contributed by atoms with Crippen LogP contribution in [0.15, 0.2) is 12.7 Å². The monoisotopic (exact) mass is 186 g/mol. The van der Waals surface area contributed by atoms with Crippen molar-refractivity contribution in [2.24, 2.45) is 0 Å². The van der Waals surface area contributed by atoms with E-state index in [4.69, 9.17) is 0 Å². The summed E-state index contributed by atoms with van der Waals surface area (Å²) in [6, 6.07) is 0. The van der Waals surface area contributed by atoms with E-state index < -0.39 is 0 Å². The lowest BCUT2D eigenvalue weighted by molar-refractivity contribution is -0.124. The molecule has 0 aliphatic heterocycles. The maximum absolute atomic E-state index is 10.8. The van der Waals surface area contributed by atoms with Crippen molar-refractivity contribution >= 4 is 5.91 Å². The second-order valence-electron chi connectivity index (χ2n) is 2.82. The average Bonchev–Trinajstić information content (AvgIpc) is 2.14. The molecular formula is C10H22N2O. The number of carbonyl (C=O) groups is 1. The number of unbranched alkanes of at least 4 members (excludes halogenated alkanes) is 1. The first-order valence-electron chi connectivity index (χ1n) is 4.60. The molecule has 13 heavy (non-hydrogen) atoms. The molecule has 0 aromatic heterocycles. The highest BCUT2D eigenvalue weighted by Gasteiger charge is 2.00. The van der Waals surface area contributed by atoms with Crippen LogP contribution in [-0.4, -0.2) is 38.5 Å². The molecule has 0 saturated carbocycles. The average molecular weight is 186 g/mol. The number of hydrogen-bond acceptors (Lipinski definition) is 2. The molecule has 0 radical (unpaired) electrons. The first-order valence-corrected chi connectivity index (χ1v) is 4.60. The van der Waals surface area contributed by atoms with Crippen molar-refractivity contribution in [3.63, 3.8) is 0 Å². The fraction of sp³-hybridized carbons (Fsp3) is 0.700. The summed E-state index contributed by atoms with van der Waals surface area (Å²) in [7, 11) is 5.54. The molecule has 0 aliphatic carbocycles. The normalized spacial score (nSPS) is 8.31. The zero-order valence-corrected chi connectivity index (χ0v) is 9.26. The Bertz CT molecular complexity index is 135. The molecule has 0 atom stereocenters. The topological polar surface area (TPSA) is 32.3 Å². The predicted octanol–water partition coefficient (Wildman–Crippen LogP) is 1.27. The molecule has 0 fully saturated rings. The van der Waals surface area contributed by atoms with Crippen LogP contribution in [0.4, 0.5) is 0 Å². The van der Waals surface area contributed by atoms with E-state index in [-0.39, 0.29) is 5.91 Å². The molecule has 3 heteroatoms. The Morgan fingerprint density at radius 1 is 1.54 bits per heavy atom. The highest BCUT2D eigenvalue weighted by atomic mass is 16.2. The molecule has 0 bridgehead atoms. The molecule has 0 aliphatic rings. The van der Waals surface area contributed by atoms with Gasteiger partial charge < -0.3 is 10.2 Å². The Labute approximate surface area is 81.8 Å². The summed E-state index contributed by atoms with van der Waals surface area (Å²) >= 11 is 0. The summed E-state index contributed by atoms with van der Waals surface area (Å²) in [5, 5.41) is 2.75. The van der Waals surface area contributed by atoms with E-state index in [1.165, 1.54) is 6.08 Å². The van der Waals surface area contributed by atoms with Crippen molar-refractivity contribution in [2.75, 3.05) is 27.7 Å². The molecule has 1 N–H and O–H groups in total. The summed E-state index contributed by atoms with van der Waals surface area (Å²) in [5.74, 6) is 0.00782. The molecule has 78 valence electrons. The highest BCUT2D eigenvalue weighted by molar-refractivity contribution is 5.86. The van der Waals surface area contributed by atoms with Gasteiger partial charge in [0.15, 0.2) is 0 Å². The number of likely N-dealkylation sites (N-methyl/N-ethyl adjacent to an activating group) is 1. The Hall–Kier alpha value is -0.830. The molecule has 0 rings (SSSR count). The van der Waals surface area contributed by atoms with Crippen LogP contribution in [-0.2, 0) is 4.79 Å². The van der Waals surface area contributed by atoms with E-state index in [0.717, 1.165) is 19.4 Å². The van der Waals surface area contributed by atoms with Gasteiger partial charge in [-0.3, -0.25) is 4.79 Å². The van der Waals surface area contributed by atoms with Gasteiger partial charge in [0.2, 0.25) is 5.91 Å². The number of nitrogens with one attached hydrogen (secondary N) is 1. The lowest BCUT2D eigenvalue weighted by Crippen LogP contribution is -2.25. The minimum Gasteiger partial charge on any atom is -0.342 e. The van der Waals surface area contributed by atoms with Crippen LogP contribution in [0, 0.1) is 0 Å². The molecule has 0 spiro atoms. The molecule has 0 heterocycles. The van der Waals surface area contributed by atoms with E-state index in [9.17, 15) is 4.79 Å². The Morgan fingerprint density at radius 3 is 2.31 bits per heavy atom. The van der Waals surface area contributed by atoms with Gasteiger partial charge in [0.25, 0.3) is 0 Å². The van der Waals surface area contributed by atoms with Gasteiger partial charge in [-0.25, -0.2) is 0 Å². The van der Waals surface area contributed by atoms with Crippen molar-refractivity contribution in [3.05, 3.63) is 12.7 Å². The number of nitrogens with zero attached hydrogens (tertiary/aromatic N) is 1. The third-order valence-electron chi connectivity index (χ3n) is 1.40. The fourth-order valence-electron chi connectivity index (χ4n) is 0.661. The van der Waals surface area contributed by atoms with Gasteiger partial charge in [-0.15, -0.1) is 0 Å². The van der Waals surface area contributed by atoms with Gasteiger partial charge in [-0.2, -0.15) is 0 Å². The van der Waals surface area contributed by atoms with Crippen molar-refractivity contribution in [3.8, 4) is 0 Å². The number of amides is 1. The summed E-state index contributed by atoms with van der Waals surface area (Å²) in [4.78, 5) is 12.5. The maximum atomic E-state index is 10.8. The first kappa shape index (κ1) is 14.7. The summed E-state index contributed by atoms with van der Waals surface area (Å²) in [6.45, 7) is 6.34. The van der Waals surface area contributed by atoms with Crippen molar-refractivity contribution < 1.29 is 4.79 Å². The zero-order valence-electron chi connectivity index (χ0n) is 9.26. The van der Waals surface area contributed by atoms with Crippen LogP contribution in [0.25, 0.3) is 0 Å². The summed E-state index contributed by atoms with van der Waals surface area (Å²) in [6.07, 6.45) is 3.53. The molecule has 1 amide bonds. The largest absolute Gasteiger partial charge is 0.342 e. The van der Waals surface area contributed by atoms with Crippen LogP contribution in [0.2, 0.25) is 0 Å². The molecule has 0 unspecified atom stereocenters. The fourth-order valence-corrected chi connectivity index (χ4v) is 0.661. The van der Waals surface area contributed by atoms with Crippen molar-refractivity contribution in [2.45, 2.75) is 19.8 Å². The molecule has 0 saturated heterocycles. The third-order valence-corrected chi connectivity index (χ3v) is 1.40. The zero-order chi connectivity index (χ0) is 10.7. The van der Waals surface area contributed by atoms with Gasteiger partial charge in [0.1, 0.15) is 0 Å². The molecule has 3 nitrogen and oxygen atoms in total. The number of carbonyl (C=O) groups excluding carboxylic acids is 1. The van der Waals surface area contributed by atoms with E-state index in [1.807, 2.05) is 14.1 Å². The van der Waals surface area contributed by atoms with Gasteiger partial charge in [0.05, 0.1) is 0 Å². The maximum Gasteiger partial charge on any atom is 0.245 e. The minimum absolute atomic E-state index is 0.00782. The summed E-state index contributed by atoms with van der Waals surface area (Å²) < 4.78 is 0. The van der Waals surface area contributed by atoms with Crippen LogP contribution >= 0.6 is 0 Å². The second-order valence-corrected chi connectivity index (χ2v) is 2.82. The number of hydrogen-bond donors (Lipinski definition) is 1. The van der Waals surface area contributed by atoms with Crippen molar-refractivity contribution in [1.82, 2.24) is 10.2 Å². The highest BCUT2D eigenvalue weighted by Crippen LogP contribution is 1.91. The Morgan fingerprint density at radius 2 is 2.00 bits per heavy atom. The predicted molar refractivity (Wildman–Crippen MR) is 57.7 cm³/mol. The van der Waals surface area contributed by atoms with E-state index in [2.05, 4.69) is 18.8 Å². The molecule has 0 aromatic rings. The minimum atomic E-state index is 0.00782. The number of rotatable bonds is 4. The summed E-state index contributed by atoms with van der Waals surface area (Å²) in [5.41, 5.74) is 0. The quantitative estimate of drug-likeness (QED) is 0.671. The van der Waals surface area contributed by atoms with E-state index >= 15 is 0 Å². The second kappa shape index (κ2) is 11.2. The van der Waals surface area contributed by atoms with Crippen LogP contribution in [0.1, 0.15) is 19.8 Å². The lowest BCUT2D eigenvalue weighted by Gasteiger charge is -2.13. The van der Waals surface area contributed by atoms with Gasteiger partial charge in [-0.05, 0) is 26.6 Å². The van der Waals surface area contributed by atoms with Gasteiger partial charge in [0, 0.05) is 13.6 Å². The van der Waals surface area contributed by atoms with Crippen LogP contribution < -0.4 is 5.32 Å². The van der Waals surface area contributed by atoms with Crippen LogP contribution in [0.5, 0.6) is 0 Å². The molecular weight excluding hydrogens is 164 g/mol. The SMILES string of the molecule is C=CC(=O)N(C)CCCC.CNC. The van der Waals surface area contributed by atoms with Gasteiger partial charge in [-0.1, -0.05) is 19.9 Å². The lowest BCUT2D eigenvalue weighted by atomic mass is 10.3. The van der Waals surface area contributed by atoms with E-state index in [0.29, 0.717) is 0 Å². The van der Waals surface area contributed by atoms with E-state index in [1.54, 1.807) is 11.9 Å². The smallest absolute Gasteiger partial charge is 0.245 e. The standard InChI is InChI=1S/C8H15NO.C2H7N/c1-4-6-7-9(3)8(10)5-2;1-3-2/h5H,2,4,6-7H2,1,3H3;3H,1-2H3. The third kappa shape index (κ3) is 11.2. The molecule has 0 aromatic carbocycles. The van der Waals surface area contributed by atoms with Gasteiger partial charge >= 0.3 is 0 Å². The Kier molecular flexibility index (Phi) is 12.6. The van der Waals surface area contributed by atoms with Crippen LogP contribution in [0.3, 0.4) is 0 Å². The van der Waals surface area contributed by atoms with Crippen molar-refractivity contribution in [1.29, 1.82) is 0 Å². The first-order chi connectivity index (χ1) is 6.13.